The first-order chi connectivity index (χ1) is 5.85. The van der Waals surface area contributed by atoms with Crippen molar-refractivity contribution >= 4 is 0 Å². The van der Waals surface area contributed by atoms with Gasteiger partial charge in [0, 0.05) is 13.7 Å². The summed E-state index contributed by atoms with van der Waals surface area (Å²) >= 11 is 0. The first-order valence-electron chi connectivity index (χ1n) is 4.91. The minimum atomic E-state index is 0.889. The Bertz CT molecular complexity index is 97.6. The maximum atomic E-state index is 5.03. The fraction of sp³-hybridized carbons (Fsp3) is 0.818. The molecule has 1 aliphatic carbocycles. The maximum absolute atomic E-state index is 5.03. The molecular weight excluding hydrogens is 148 g/mol. The number of hydrogen-bond donors (Lipinski definition) is 0. The van der Waals surface area contributed by atoms with Crippen LogP contribution in [0.3, 0.4) is 0 Å². The van der Waals surface area contributed by atoms with Gasteiger partial charge in [-0.2, -0.15) is 0 Å². The molecule has 1 rings (SSSR count). The Morgan fingerprint density at radius 2 is 1.67 bits per heavy atom. The van der Waals surface area contributed by atoms with Crippen LogP contribution in [0.15, 0.2) is 12.2 Å². The van der Waals surface area contributed by atoms with Gasteiger partial charge in [0.05, 0.1) is 0 Å². The third-order valence-electron chi connectivity index (χ3n) is 2.21. The minimum absolute atomic E-state index is 0.889. The summed E-state index contributed by atoms with van der Waals surface area (Å²) in [6, 6.07) is 0. The van der Waals surface area contributed by atoms with E-state index in [1.54, 1.807) is 7.11 Å². The molecule has 1 nitrogen and oxygen atoms in total. The summed E-state index contributed by atoms with van der Waals surface area (Å²) in [6.45, 7) is 4.99. The summed E-state index contributed by atoms with van der Waals surface area (Å²) in [5.74, 6) is 0.889. The van der Waals surface area contributed by atoms with Gasteiger partial charge in [-0.3, -0.25) is 0 Å². The second-order valence-electron chi connectivity index (χ2n) is 3.27. The van der Waals surface area contributed by atoms with Crippen LogP contribution in [-0.2, 0) is 4.74 Å². The van der Waals surface area contributed by atoms with Crippen LogP contribution in [0.2, 0.25) is 0 Å². The fourth-order valence-corrected chi connectivity index (χ4v) is 1.41. The molecule has 0 heterocycles. The van der Waals surface area contributed by atoms with Crippen molar-refractivity contribution in [3.8, 4) is 0 Å². The van der Waals surface area contributed by atoms with Gasteiger partial charge < -0.3 is 4.74 Å². The molecule has 1 aliphatic rings. The van der Waals surface area contributed by atoms with Gasteiger partial charge in [-0.15, -0.1) is 0 Å². The summed E-state index contributed by atoms with van der Waals surface area (Å²) < 4.78 is 5.03. The van der Waals surface area contributed by atoms with Crippen molar-refractivity contribution in [1.82, 2.24) is 0 Å². The molecule has 12 heavy (non-hydrogen) atoms. The zero-order chi connectivity index (χ0) is 9.23. The first kappa shape index (κ1) is 11.7. The van der Waals surface area contributed by atoms with E-state index in [1.807, 2.05) is 26.0 Å². The van der Waals surface area contributed by atoms with Crippen LogP contribution in [0.5, 0.6) is 0 Å². The Morgan fingerprint density at radius 1 is 1.17 bits per heavy atom. The average Bonchev–Trinajstić information content (AvgIpc) is 2.58. The predicted molar refractivity (Wildman–Crippen MR) is 54.3 cm³/mol. The molecule has 0 amide bonds. The third kappa shape index (κ3) is 6.41. The number of rotatable bonds is 2. The molecule has 0 atom stereocenters. The lowest BCUT2D eigenvalue weighted by Gasteiger charge is -2.04. The van der Waals surface area contributed by atoms with Gasteiger partial charge in [0.1, 0.15) is 0 Å². The number of ether oxygens (including phenoxy) is 1. The molecule has 1 heteroatoms. The summed E-state index contributed by atoms with van der Waals surface area (Å²) in [6.07, 6.45) is 9.64. The first-order valence-corrected chi connectivity index (χ1v) is 4.91. The molecule has 0 spiro atoms. The van der Waals surface area contributed by atoms with Crippen molar-refractivity contribution < 1.29 is 4.74 Å². The second kappa shape index (κ2) is 8.79. The van der Waals surface area contributed by atoms with Crippen molar-refractivity contribution in [2.45, 2.75) is 39.5 Å². The van der Waals surface area contributed by atoms with Crippen LogP contribution in [0.1, 0.15) is 39.5 Å². The molecule has 0 aromatic heterocycles. The highest BCUT2D eigenvalue weighted by Crippen LogP contribution is 2.24. The molecule has 0 unspecified atom stereocenters. The van der Waals surface area contributed by atoms with Crippen LogP contribution >= 0.6 is 0 Å². The standard InChI is InChI=1S/C7H14O.C4H8/c1-8-6-7-4-2-3-5-7;1-3-4-2/h7H,2-6H2,1H3;3-4H,1-2H3/b;4-3-. The molecule has 0 aromatic carbocycles. The van der Waals surface area contributed by atoms with E-state index >= 15 is 0 Å². The van der Waals surface area contributed by atoms with Crippen molar-refractivity contribution in [3.63, 3.8) is 0 Å². The zero-order valence-corrected chi connectivity index (χ0v) is 8.68. The predicted octanol–water partition coefficient (Wildman–Crippen LogP) is 3.41. The monoisotopic (exact) mass is 170 g/mol. The van der Waals surface area contributed by atoms with Gasteiger partial charge in [0.2, 0.25) is 0 Å². The number of hydrogen-bond acceptors (Lipinski definition) is 1. The zero-order valence-electron chi connectivity index (χ0n) is 8.68. The van der Waals surface area contributed by atoms with Crippen molar-refractivity contribution in [1.29, 1.82) is 0 Å². The summed E-state index contributed by atoms with van der Waals surface area (Å²) in [7, 11) is 1.79. The van der Waals surface area contributed by atoms with Crippen molar-refractivity contribution in [3.05, 3.63) is 12.2 Å². The molecule has 72 valence electrons. The van der Waals surface area contributed by atoms with E-state index in [4.69, 9.17) is 4.74 Å². The normalized spacial score (nSPS) is 17.9. The fourth-order valence-electron chi connectivity index (χ4n) is 1.41. The van der Waals surface area contributed by atoms with E-state index in [2.05, 4.69) is 0 Å². The topological polar surface area (TPSA) is 9.23 Å². The van der Waals surface area contributed by atoms with Crippen LogP contribution < -0.4 is 0 Å². The van der Waals surface area contributed by atoms with E-state index in [0.717, 1.165) is 12.5 Å². The highest BCUT2D eigenvalue weighted by molar-refractivity contribution is 4.68. The number of methoxy groups -OCH3 is 1. The van der Waals surface area contributed by atoms with Crippen LogP contribution in [0.25, 0.3) is 0 Å². The summed E-state index contributed by atoms with van der Waals surface area (Å²) in [5.41, 5.74) is 0. The van der Waals surface area contributed by atoms with Gasteiger partial charge >= 0.3 is 0 Å². The van der Waals surface area contributed by atoms with Gasteiger partial charge in [0.25, 0.3) is 0 Å². The third-order valence-corrected chi connectivity index (χ3v) is 2.21. The Morgan fingerprint density at radius 3 is 2.00 bits per heavy atom. The lowest BCUT2D eigenvalue weighted by Crippen LogP contribution is -2.01. The highest BCUT2D eigenvalue weighted by Gasteiger charge is 2.13. The van der Waals surface area contributed by atoms with Gasteiger partial charge in [-0.05, 0) is 32.6 Å². The minimum Gasteiger partial charge on any atom is -0.384 e. The van der Waals surface area contributed by atoms with E-state index in [0.29, 0.717) is 0 Å². The van der Waals surface area contributed by atoms with E-state index in [1.165, 1.54) is 25.7 Å². The average molecular weight is 170 g/mol. The Balaban J connectivity index is 0.000000261. The molecule has 0 aromatic rings. The Labute approximate surface area is 76.8 Å². The van der Waals surface area contributed by atoms with Gasteiger partial charge in [-0.1, -0.05) is 25.0 Å². The summed E-state index contributed by atoms with van der Waals surface area (Å²) in [4.78, 5) is 0. The second-order valence-corrected chi connectivity index (χ2v) is 3.27. The largest absolute Gasteiger partial charge is 0.384 e. The van der Waals surface area contributed by atoms with Crippen LogP contribution in [0, 0.1) is 5.92 Å². The lowest BCUT2D eigenvalue weighted by atomic mass is 10.1. The van der Waals surface area contributed by atoms with Crippen LogP contribution in [0.4, 0.5) is 0 Å². The highest BCUT2D eigenvalue weighted by atomic mass is 16.5. The smallest absolute Gasteiger partial charge is 0.0490 e. The van der Waals surface area contributed by atoms with Crippen molar-refractivity contribution in [2.24, 2.45) is 5.92 Å². The Kier molecular flexibility index (Phi) is 8.57. The number of allylic oxidation sites excluding steroid dienone is 2. The Hall–Kier alpha value is -0.300. The summed E-state index contributed by atoms with van der Waals surface area (Å²) in [5, 5.41) is 0. The van der Waals surface area contributed by atoms with Crippen molar-refractivity contribution in [2.75, 3.05) is 13.7 Å². The SMILES string of the molecule is C/C=C\C.COCC1CCCC1. The molecule has 0 aliphatic heterocycles. The van der Waals surface area contributed by atoms with E-state index in [-0.39, 0.29) is 0 Å². The van der Waals surface area contributed by atoms with E-state index < -0.39 is 0 Å². The molecule has 1 saturated carbocycles. The molecule has 0 bridgehead atoms. The van der Waals surface area contributed by atoms with Gasteiger partial charge in [0.15, 0.2) is 0 Å². The van der Waals surface area contributed by atoms with E-state index in [9.17, 15) is 0 Å². The van der Waals surface area contributed by atoms with Gasteiger partial charge in [-0.25, -0.2) is 0 Å². The molecule has 0 saturated heterocycles. The molecule has 0 N–H and O–H groups in total. The maximum Gasteiger partial charge on any atom is 0.0490 e. The molecule has 0 radical (unpaired) electrons. The molecule has 1 fully saturated rings. The quantitative estimate of drug-likeness (QED) is 0.577. The van der Waals surface area contributed by atoms with Crippen LogP contribution in [-0.4, -0.2) is 13.7 Å². The lowest BCUT2D eigenvalue weighted by molar-refractivity contribution is 0.155. The molecular formula is C11H22O.